The van der Waals surface area contributed by atoms with Crippen LogP contribution in [0.15, 0.2) is 35.0 Å². The van der Waals surface area contributed by atoms with E-state index < -0.39 is 6.10 Å². The van der Waals surface area contributed by atoms with Gasteiger partial charge in [0.2, 0.25) is 0 Å². The summed E-state index contributed by atoms with van der Waals surface area (Å²) >= 11 is 1.62. The highest BCUT2D eigenvalue weighted by atomic mass is 32.1. The van der Waals surface area contributed by atoms with Crippen molar-refractivity contribution < 1.29 is 5.11 Å². The van der Waals surface area contributed by atoms with E-state index >= 15 is 0 Å². The van der Waals surface area contributed by atoms with Crippen LogP contribution in [0.3, 0.4) is 0 Å². The number of hydrogen-bond acceptors (Lipinski definition) is 3. The number of thiophene rings is 1. The minimum atomic E-state index is -0.432. The molecule has 0 radical (unpaired) electrons. The molecule has 0 aliphatic heterocycles. The average Bonchev–Trinajstić information content (AvgIpc) is 2.93. The number of hydrogen-bond donors (Lipinski definition) is 2. The Kier molecular flexibility index (Phi) is 4.75. The van der Waals surface area contributed by atoms with Crippen LogP contribution in [0.4, 0.5) is 0 Å². The van der Waals surface area contributed by atoms with Crippen LogP contribution in [0.25, 0.3) is 0 Å². The Hall–Kier alpha value is -1.16. The zero-order chi connectivity index (χ0) is 13.8. The van der Waals surface area contributed by atoms with Crippen LogP contribution < -0.4 is 5.32 Å². The second-order valence-corrected chi connectivity index (χ2v) is 5.77. The molecule has 2 unspecified atom stereocenters. The number of benzene rings is 1. The summed E-state index contributed by atoms with van der Waals surface area (Å²) in [6.07, 6.45) is -0.432. The molecule has 0 saturated heterocycles. The molecule has 0 amide bonds. The molecule has 0 bridgehead atoms. The Morgan fingerprint density at radius 3 is 2.74 bits per heavy atom. The van der Waals surface area contributed by atoms with Gasteiger partial charge in [0.1, 0.15) is 0 Å². The molecule has 0 aliphatic rings. The van der Waals surface area contributed by atoms with Crippen LogP contribution in [0.2, 0.25) is 0 Å². The molecule has 2 N–H and O–H groups in total. The smallest absolute Gasteiger partial charge is 0.0922 e. The van der Waals surface area contributed by atoms with Gasteiger partial charge in [-0.3, -0.25) is 0 Å². The first kappa shape index (κ1) is 14.3. The van der Waals surface area contributed by atoms with Crippen molar-refractivity contribution in [1.82, 2.24) is 5.32 Å². The minimum Gasteiger partial charge on any atom is -0.387 e. The van der Waals surface area contributed by atoms with Crippen molar-refractivity contribution in [3.05, 3.63) is 57.3 Å². The lowest BCUT2D eigenvalue weighted by atomic mass is 9.98. The molecule has 0 spiro atoms. The predicted molar refractivity (Wildman–Crippen MR) is 81.6 cm³/mol. The molecule has 2 nitrogen and oxygen atoms in total. The van der Waals surface area contributed by atoms with Crippen LogP contribution in [-0.4, -0.2) is 11.7 Å². The van der Waals surface area contributed by atoms with Crippen molar-refractivity contribution in [2.45, 2.75) is 32.9 Å². The Labute approximate surface area is 119 Å². The van der Waals surface area contributed by atoms with Crippen LogP contribution in [0, 0.1) is 13.8 Å². The molecule has 0 saturated carbocycles. The molecular weight excluding hydrogens is 254 g/mol. The van der Waals surface area contributed by atoms with E-state index in [1.807, 2.05) is 16.8 Å². The summed E-state index contributed by atoms with van der Waals surface area (Å²) in [6, 6.07) is 8.58. The van der Waals surface area contributed by atoms with Gasteiger partial charge in [0.25, 0.3) is 0 Å². The summed E-state index contributed by atoms with van der Waals surface area (Å²) in [4.78, 5) is 0. The minimum absolute atomic E-state index is 0.244. The van der Waals surface area contributed by atoms with Gasteiger partial charge in [-0.1, -0.05) is 18.2 Å². The number of rotatable bonds is 5. The highest BCUT2D eigenvalue weighted by molar-refractivity contribution is 7.07. The van der Waals surface area contributed by atoms with E-state index in [9.17, 15) is 5.11 Å². The first-order valence-electron chi connectivity index (χ1n) is 6.59. The lowest BCUT2D eigenvalue weighted by molar-refractivity contribution is 0.171. The summed E-state index contributed by atoms with van der Waals surface area (Å²) in [5.74, 6) is 0. The Bertz CT molecular complexity index is 522. The number of aryl methyl sites for hydroxylation is 1. The Morgan fingerprint density at radius 1 is 1.26 bits per heavy atom. The normalized spacial score (nSPS) is 14.3. The molecule has 1 aromatic heterocycles. The number of nitrogens with one attached hydrogen (secondary N) is 1. The lowest BCUT2D eigenvalue weighted by Crippen LogP contribution is -2.25. The molecule has 2 atom stereocenters. The van der Waals surface area contributed by atoms with E-state index in [0.717, 1.165) is 5.56 Å². The van der Waals surface area contributed by atoms with Crippen LogP contribution in [0.1, 0.15) is 41.3 Å². The molecule has 1 aromatic carbocycles. The van der Waals surface area contributed by atoms with Gasteiger partial charge in [-0.2, -0.15) is 11.3 Å². The molecule has 2 aromatic rings. The monoisotopic (exact) mass is 275 g/mol. The van der Waals surface area contributed by atoms with Crippen molar-refractivity contribution in [2.24, 2.45) is 0 Å². The number of aliphatic hydroxyl groups is 1. The second-order valence-electron chi connectivity index (χ2n) is 4.99. The third-order valence-corrected chi connectivity index (χ3v) is 4.36. The first-order chi connectivity index (χ1) is 9.09. The fourth-order valence-corrected chi connectivity index (χ4v) is 2.93. The number of aliphatic hydroxyl groups excluding tert-OH is 1. The summed E-state index contributed by atoms with van der Waals surface area (Å²) in [7, 11) is 0. The maximum atomic E-state index is 10.1. The van der Waals surface area contributed by atoms with E-state index in [4.69, 9.17) is 0 Å². The molecule has 0 fully saturated rings. The van der Waals surface area contributed by atoms with Crippen molar-refractivity contribution in [1.29, 1.82) is 0 Å². The SMILES string of the molecule is Cc1cccc(C(C)NCC(O)c2ccsc2)c1C. The lowest BCUT2D eigenvalue weighted by Gasteiger charge is -2.19. The van der Waals surface area contributed by atoms with Gasteiger partial charge in [0.15, 0.2) is 0 Å². The van der Waals surface area contributed by atoms with E-state index in [0.29, 0.717) is 6.54 Å². The first-order valence-corrected chi connectivity index (χ1v) is 7.53. The molecule has 0 aliphatic carbocycles. The molecule has 3 heteroatoms. The zero-order valence-corrected chi connectivity index (χ0v) is 12.5. The highest BCUT2D eigenvalue weighted by Crippen LogP contribution is 2.21. The van der Waals surface area contributed by atoms with Gasteiger partial charge in [0.05, 0.1) is 6.10 Å². The fourth-order valence-electron chi connectivity index (χ4n) is 2.22. The van der Waals surface area contributed by atoms with Gasteiger partial charge in [-0.05, 0) is 59.9 Å². The third kappa shape index (κ3) is 3.44. The van der Waals surface area contributed by atoms with Gasteiger partial charge in [0, 0.05) is 12.6 Å². The second kappa shape index (κ2) is 6.33. The van der Waals surface area contributed by atoms with Crippen molar-refractivity contribution in [3.8, 4) is 0 Å². The quantitative estimate of drug-likeness (QED) is 0.871. The fraction of sp³-hybridized carbons (Fsp3) is 0.375. The molecule has 19 heavy (non-hydrogen) atoms. The third-order valence-electron chi connectivity index (χ3n) is 3.66. The Morgan fingerprint density at radius 2 is 2.05 bits per heavy atom. The van der Waals surface area contributed by atoms with Crippen LogP contribution >= 0.6 is 11.3 Å². The standard InChI is InChI=1S/C16H21NOS/c1-11-5-4-6-15(12(11)2)13(3)17-9-16(18)14-7-8-19-10-14/h4-8,10,13,16-18H,9H2,1-3H3. The van der Waals surface area contributed by atoms with E-state index in [1.165, 1.54) is 16.7 Å². The Balaban J connectivity index is 1.98. The largest absolute Gasteiger partial charge is 0.387 e. The van der Waals surface area contributed by atoms with Crippen LogP contribution in [0.5, 0.6) is 0 Å². The van der Waals surface area contributed by atoms with Gasteiger partial charge >= 0.3 is 0 Å². The van der Waals surface area contributed by atoms with Crippen molar-refractivity contribution in [3.63, 3.8) is 0 Å². The van der Waals surface area contributed by atoms with Gasteiger partial charge in [-0.25, -0.2) is 0 Å². The zero-order valence-electron chi connectivity index (χ0n) is 11.7. The molecule has 102 valence electrons. The van der Waals surface area contributed by atoms with Crippen LogP contribution in [-0.2, 0) is 0 Å². The maximum Gasteiger partial charge on any atom is 0.0922 e. The summed E-state index contributed by atoms with van der Waals surface area (Å²) in [5.41, 5.74) is 4.93. The molecule has 2 rings (SSSR count). The van der Waals surface area contributed by atoms with Gasteiger partial charge in [-0.15, -0.1) is 0 Å². The summed E-state index contributed by atoms with van der Waals surface area (Å²) in [6.45, 7) is 7.00. The topological polar surface area (TPSA) is 32.3 Å². The molecular formula is C16H21NOS. The van der Waals surface area contributed by atoms with E-state index in [2.05, 4.69) is 44.3 Å². The van der Waals surface area contributed by atoms with E-state index in [1.54, 1.807) is 11.3 Å². The van der Waals surface area contributed by atoms with E-state index in [-0.39, 0.29) is 6.04 Å². The predicted octanol–water partition coefficient (Wildman–Crippen LogP) is 3.75. The summed E-state index contributed by atoms with van der Waals surface area (Å²) in [5, 5.41) is 17.5. The average molecular weight is 275 g/mol. The van der Waals surface area contributed by atoms with Crippen molar-refractivity contribution >= 4 is 11.3 Å². The van der Waals surface area contributed by atoms with Gasteiger partial charge < -0.3 is 10.4 Å². The van der Waals surface area contributed by atoms with Crippen molar-refractivity contribution in [2.75, 3.05) is 6.54 Å². The molecule has 1 heterocycles. The summed E-state index contributed by atoms with van der Waals surface area (Å²) < 4.78 is 0. The highest BCUT2D eigenvalue weighted by Gasteiger charge is 2.12. The maximum absolute atomic E-state index is 10.1.